The van der Waals surface area contributed by atoms with Crippen molar-refractivity contribution in [1.29, 1.82) is 0 Å². The van der Waals surface area contributed by atoms with Crippen LogP contribution in [-0.4, -0.2) is 35.6 Å². The van der Waals surface area contributed by atoms with Gasteiger partial charge < -0.3 is 14.4 Å². The lowest BCUT2D eigenvalue weighted by Gasteiger charge is -2.05. The summed E-state index contributed by atoms with van der Waals surface area (Å²) in [5.74, 6) is 0.685. The molecule has 0 aromatic carbocycles. The van der Waals surface area contributed by atoms with Crippen molar-refractivity contribution < 1.29 is 9.52 Å². The molecule has 0 fully saturated rings. The van der Waals surface area contributed by atoms with Gasteiger partial charge in [-0.15, -0.1) is 0 Å². The predicted octanol–water partition coefficient (Wildman–Crippen LogP) is 0.832. The molecule has 4 nitrogen and oxygen atoms in total. The van der Waals surface area contributed by atoms with Crippen molar-refractivity contribution in [3.05, 3.63) is 17.8 Å². The second-order valence-corrected chi connectivity index (χ2v) is 3.40. The fraction of sp³-hybridized carbons (Fsp3) is 0.667. The normalized spacial score (nSPS) is 13.6. The summed E-state index contributed by atoms with van der Waals surface area (Å²) in [4.78, 5) is 6.20. The predicted molar refractivity (Wildman–Crippen MR) is 49.4 cm³/mol. The van der Waals surface area contributed by atoms with E-state index >= 15 is 0 Å². The van der Waals surface area contributed by atoms with Crippen LogP contribution >= 0.6 is 0 Å². The Morgan fingerprint density at radius 3 is 2.77 bits per heavy atom. The molecule has 0 saturated carbocycles. The van der Waals surface area contributed by atoms with E-state index in [0.29, 0.717) is 11.6 Å². The van der Waals surface area contributed by atoms with Crippen molar-refractivity contribution >= 4 is 0 Å². The Bertz CT molecular complexity index is 256. The minimum absolute atomic E-state index is 0.545. The maximum atomic E-state index is 9.18. The lowest BCUT2D eigenvalue weighted by Crippen LogP contribution is -2.15. The minimum atomic E-state index is -0.545. The molecule has 1 rings (SSSR count). The van der Waals surface area contributed by atoms with Gasteiger partial charge in [-0.1, -0.05) is 0 Å². The quantitative estimate of drug-likeness (QED) is 0.753. The Morgan fingerprint density at radius 2 is 2.31 bits per heavy atom. The van der Waals surface area contributed by atoms with E-state index < -0.39 is 6.10 Å². The molecule has 1 aromatic rings. The van der Waals surface area contributed by atoms with Gasteiger partial charge in [0, 0.05) is 13.0 Å². The number of hydrogen-bond acceptors (Lipinski definition) is 4. The van der Waals surface area contributed by atoms with Crippen molar-refractivity contribution in [2.75, 3.05) is 20.6 Å². The largest absolute Gasteiger partial charge is 0.449 e. The molecule has 0 spiro atoms. The molecular formula is C9H16N2O2. The Hall–Kier alpha value is -0.870. The van der Waals surface area contributed by atoms with Crippen LogP contribution in [0.3, 0.4) is 0 Å². The van der Waals surface area contributed by atoms with Crippen LogP contribution < -0.4 is 0 Å². The molecule has 0 amide bonds. The van der Waals surface area contributed by atoms with E-state index in [-0.39, 0.29) is 0 Å². The summed E-state index contributed by atoms with van der Waals surface area (Å²) in [6, 6.07) is 0. The second kappa shape index (κ2) is 4.39. The van der Waals surface area contributed by atoms with Gasteiger partial charge >= 0.3 is 0 Å². The third-order valence-electron chi connectivity index (χ3n) is 1.77. The monoisotopic (exact) mass is 184 g/mol. The summed E-state index contributed by atoms with van der Waals surface area (Å²) in [7, 11) is 4.00. The summed E-state index contributed by atoms with van der Waals surface area (Å²) in [5, 5.41) is 9.18. The molecule has 13 heavy (non-hydrogen) atoms. The molecule has 1 unspecified atom stereocenters. The van der Waals surface area contributed by atoms with Crippen LogP contribution in [0.4, 0.5) is 0 Å². The number of oxazole rings is 1. The number of nitrogens with zero attached hydrogens (tertiary/aromatic N) is 2. The van der Waals surface area contributed by atoms with Gasteiger partial charge in [-0.2, -0.15) is 0 Å². The Labute approximate surface area is 78.2 Å². The van der Waals surface area contributed by atoms with Crippen molar-refractivity contribution in [3.63, 3.8) is 0 Å². The van der Waals surface area contributed by atoms with E-state index in [2.05, 4.69) is 9.88 Å². The molecule has 0 aliphatic heterocycles. The molecule has 74 valence electrons. The van der Waals surface area contributed by atoms with Gasteiger partial charge in [-0.3, -0.25) is 0 Å². The standard InChI is InChI=1S/C9H16N2O2/c1-7(12)8-6-13-9(10-8)4-5-11(2)3/h6-7,12H,4-5H2,1-3H3. The van der Waals surface area contributed by atoms with Crippen LogP contribution in [0.15, 0.2) is 10.7 Å². The number of rotatable bonds is 4. The molecule has 0 saturated heterocycles. The molecule has 4 heteroatoms. The minimum Gasteiger partial charge on any atom is -0.449 e. The highest BCUT2D eigenvalue weighted by molar-refractivity contribution is 4.99. The summed E-state index contributed by atoms with van der Waals surface area (Å²) in [6.45, 7) is 2.58. The molecule has 1 atom stereocenters. The first-order valence-corrected chi connectivity index (χ1v) is 4.36. The van der Waals surface area contributed by atoms with Gasteiger partial charge in [0.15, 0.2) is 5.89 Å². The smallest absolute Gasteiger partial charge is 0.195 e. The van der Waals surface area contributed by atoms with Gasteiger partial charge in [-0.25, -0.2) is 4.98 Å². The second-order valence-electron chi connectivity index (χ2n) is 3.40. The van der Waals surface area contributed by atoms with Crippen LogP contribution in [0.5, 0.6) is 0 Å². The number of aliphatic hydroxyl groups is 1. The molecule has 0 radical (unpaired) electrons. The molecular weight excluding hydrogens is 168 g/mol. The average Bonchev–Trinajstić information content (AvgIpc) is 2.48. The number of likely N-dealkylation sites (N-methyl/N-ethyl adjacent to an activating group) is 1. The third-order valence-corrected chi connectivity index (χ3v) is 1.77. The topological polar surface area (TPSA) is 49.5 Å². The van der Waals surface area contributed by atoms with Crippen LogP contribution in [0.1, 0.15) is 24.6 Å². The highest BCUT2D eigenvalue weighted by Gasteiger charge is 2.07. The number of aromatic nitrogens is 1. The van der Waals surface area contributed by atoms with E-state index in [4.69, 9.17) is 4.42 Å². The third kappa shape index (κ3) is 3.16. The zero-order valence-electron chi connectivity index (χ0n) is 8.32. The first-order chi connectivity index (χ1) is 6.09. The first kappa shape index (κ1) is 10.2. The van der Waals surface area contributed by atoms with Crippen LogP contribution in [0.25, 0.3) is 0 Å². The molecule has 0 bridgehead atoms. The zero-order chi connectivity index (χ0) is 9.84. The van der Waals surface area contributed by atoms with Gasteiger partial charge in [-0.05, 0) is 21.0 Å². The van der Waals surface area contributed by atoms with Crippen molar-refractivity contribution in [3.8, 4) is 0 Å². The van der Waals surface area contributed by atoms with E-state index in [1.54, 1.807) is 6.92 Å². The maximum absolute atomic E-state index is 9.18. The van der Waals surface area contributed by atoms with Crippen molar-refractivity contribution in [1.82, 2.24) is 9.88 Å². The Kier molecular flexibility index (Phi) is 3.45. The van der Waals surface area contributed by atoms with Gasteiger partial charge in [0.2, 0.25) is 0 Å². The Balaban J connectivity index is 2.49. The highest BCUT2D eigenvalue weighted by Crippen LogP contribution is 2.11. The number of aliphatic hydroxyl groups excluding tert-OH is 1. The van der Waals surface area contributed by atoms with Gasteiger partial charge in [0.25, 0.3) is 0 Å². The molecule has 0 aliphatic carbocycles. The molecule has 1 N–H and O–H groups in total. The van der Waals surface area contributed by atoms with Crippen molar-refractivity contribution in [2.45, 2.75) is 19.4 Å². The van der Waals surface area contributed by atoms with Crippen LogP contribution in [0, 0.1) is 0 Å². The summed E-state index contributed by atoms with van der Waals surface area (Å²) < 4.78 is 5.18. The summed E-state index contributed by atoms with van der Waals surface area (Å²) >= 11 is 0. The van der Waals surface area contributed by atoms with Crippen LogP contribution in [-0.2, 0) is 6.42 Å². The fourth-order valence-electron chi connectivity index (χ4n) is 0.951. The summed E-state index contributed by atoms with van der Waals surface area (Å²) in [5.41, 5.74) is 0.605. The van der Waals surface area contributed by atoms with Crippen LogP contribution in [0.2, 0.25) is 0 Å². The summed E-state index contributed by atoms with van der Waals surface area (Å²) in [6.07, 6.45) is 1.74. The van der Waals surface area contributed by atoms with Crippen molar-refractivity contribution in [2.24, 2.45) is 0 Å². The van der Waals surface area contributed by atoms with E-state index in [9.17, 15) is 5.11 Å². The lowest BCUT2D eigenvalue weighted by atomic mass is 10.3. The zero-order valence-corrected chi connectivity index (χ0v) is 8.32. The molecule has 0 aliphatic rings. The SMILES string of the molecule is CC(O)c1coc(CCN(C)C)n1. The van der Waals surface area contributed by atoms with E-state index in [0.717, 1.165) is 13.0 Å². The molecule has 1 heterocycles. The van der Waals surface area contributed by atoms with E-state index in [1.165, 1.54) is 6.26 Å². The van der Waals surface area contributed by atoms with E-state index in [1.807, 2.05) is 14.1 Å². The van der Waals surface area contributed by atoms with Gasteiger partial charge in [0.1, 0.15) is 12.0 Å². The van der Waals surface area contributed by atoms with Gasteiger partial charge in [0.05, 0.1) is 6.10 Å². The lowest BCUT2D eigenvalue weighted by molar-refractivity contribution is 0.194. The fourth-order valence-corrected chi connectivity index (χ4v) is 0.951. The average molecular weight is 184 g/mol. The number of hydrogen-bond donors (Lipinski definition) is 1. The Morgan fingerprint density at radius 1 is 1.62 bits per heavy atom. The maximum Gasteiger partial charge on any atom is 0.195 e. The first-order valence-electron chi connectivity index (χ1n) is 4.36. The molecule has 1 aromatic heterocycles. The highest BCUT2D eigenvalue weighted by atomic mass is 16.3.